The molecule has 0 bridgehead atoms. The summed E-state index contributed by atoms with van der Waals surface area (Å²) in [6.45, 7) is 5.55. The summed E-state index contributed by atoms with van der Waals surface area (Å²) in [5.41, 5.74) is 2.92. The zero-order chi connectivity index (χ0) is 31.5. The lowest BCUT2D eigenvalue weighted by molar-refractivity contribution is -0.129. The Morgan fingerprint density at radius 3 is 2.05 bits per heavy atom. The summed E-state index contributed by atoms with van der Waals surface area (Å²) in [5, 5.41) is 18.3. The standard InChI is InChI=1S/C35H38N4O5/c1-35(2,3)44-34(43)39-30-23-36-21-20-25(30)16-19-29(32(41)37-22-24-14-17-28(40)18-15-24)38-33(42)31(26-10-6-4-7-11-26)27-12-8-5-9-13-27/h4-15,17-18,20-21,23,29,31,40H,16,19,22H2,1-3H3,(H,37,41)(H,38,42)(H,39,43). The number of rotatable bonds is 11. The summed E-state index contributed by atoms with van der Waals surface area (Å²) in [4.78, 5) is 44.1. The minimum Gasteiger partial charge on any atom is -0.508 e. The van der Waals surface area contributed by atoms with Gasteiger partial charge in [0.2, 0.25) is 11.8 Å². The fourth-order valence-electron chi connectivity index (χ4n) is 4.70. The van der Waals surface area contributed by atoms with E-state index in [-0.39, 0.29) is 30.5 Å². The van der Waals surface area contributed by atoms with Gasteiger partial charge in [0.05, 0.1) is 17.8 Å². The number of aromatic nitrogens is 1. The molecule has 0 fully saturated rings. The third-order valence-electron chi connectivity index (χ3n) is 6.81. The van der Waals surface area contributed by atoms with Gasteiger partial charge in [0.25, 0.3) is 0 Å². The Bertz CT molecular complexity index is 1500. The van der Waals surface area contributed by atoms with Gasteiger partial charge in [0.1, 0.15) is 17.4 Å². The van der Waals surface area contributed by atoms with Crippen molar-refractivity contribution in [3.63, 3.8) is 0 Å². The maximum absolute atomic E-state index is 13.9. The van der Waals surface area contributed by atoms with E-state index in [1.807, 2.05) is 60.7 Å². The average Bonchev–Trinajstić information content (AvgIpc) is 2.99. The highest BCUT2D eigenvalue weighted by molar-refractivity contribution is 5.92. The highest BCUT2D eigenvalue weighted by atomic mass is 16.6. The molecule has 0 saturated heterocycles. The number of hydrogen-bond donors (Lipinski definition) is 4. The van der Waals surface area contributed by atoms with E-state index < -0.39 is 23.7 Å². The van der Waals surface area contributed by atoms with Crippen molar-refractivity contribution in [3.8, 4) is 5.75 Å². The Hall–Kier alpha value is -5.18. The van der Waals surface area contributed by atoms with Crippen LogP contribution < -0.4 is 16.0 Å². The van der Waals surface area contributed by atoms with Gasteiger partial charge in [0.15, 0.2) is 0 Å². The van der Waals surface area contributed by atoms with E-state index in [9.17, 15) is 19.5 Å². The van der Waals surface area contributed by atoms with Gasteiger partial charge in [-0.15, -0.1) is 0 Å². The van der Waals surface area contributed by atoms with Crippen molar-refractivity contribution in [1.82, 2.24) is 15.6 Å². The molecule has 1 heterocycles. The van der Waals surface area contributed by atoms with E-state index in [1.165, 1.54) is 6.20 Å². The van der Waals surface area contributed by atoms with Crippen LogP contribution in [0.4, 0.5) is 10.5 Å². The van der Waals surface area contributed by atoms with Gasteiger partial charge in [-0.1, -0.05) is 72.8 Å². The fourth-order valence-corrected chi connectivity index (χ4v) is 4.70. The molecule has 1 unspecified atom stereocenters. The van der Waals surface area contributed by atoms with Crippen LogP contribution in [0, 0.1) is 0 Å². The number of phenols is 1. The maximum Gasteiger partial charge on any atom is 0.412 e. The Morgan fingerprint density at radius 1 is 0.841 bits per heavy atom. The lowest BCUT2D eigenvalue weighted by Crippen LogP contribution is -2.48. The quantitative estimate of drug-likeness (QED) is 0.176. The number of nitrogens with one attached hydrogen (secondary N) is 3. The molecule has 0 aliphatic heterocycles. The van der Waals surface area contributed by atoms with Crippen molar-refractivity contribution >= 4 is 23.6 Å². The van der Waals surface area contributed by atoms with Crippen LogP contribution in [0.3, 0.4) is 0 Å². The fraction of sp³-hybridized carbons (Fsp3) is 0.257. The minimum absolute atomic E-state index is 0.131. The van der Waals surface area contributed by atoms with E-state index in [0.717, 1.165) is 22.3 Å². The lowest BCUT2D eigenvalue weighted by Gasteiger charge is -2.24. The molecule has 0 radical (unpaired) electrons. The van der Waals surface area contributed by atoms with Gasteiger partial charge in [-0.25, -0.2) is 4.79 Å². The van der Waals surface area contributed by atoms with E-state index in [2.05, 4.69) is 20.9 Å². The van der Waals surface area contributed by atoms with Crippen molar-refractivity contribution < 1.29 is 24.2 Å². The van der Waals surface area contributed by atoms with Crippen LogP contribution in [0.15, 0.2) is 103 Å². The zero-order valence-corrected chi connectivity index (χ0v) is 25.1. The van der Waals surface area contributed by atoms with Crippen LogP contribution in [0.1, 0.15) is 55.4 Å². The Kier molecular flexibility index (Phi) is 10.7. The molecule has 9 nitrogen and oxygen atoms in total. The molecule has 44 heavy (non-hydrogen) atoms. The predicted octanol–water partition coefficient (Wildman–Crippen LogP) is 5.70. The number of carbonyl (C=O) groups is 3. The third-order valence-corrected chi connectivity index (χ3v) is 6.81. The van der Waals surface area contributed by atoms with E-state index in [1.54, 1.807) is 57.3 Å². The molecule has 0 saturated carbocycles. The van der Waals surface area contributed by atoms with Gasteiger partial charge in [0, 0.05) is 12.7 Å². The first-order chi connectivity index (χ1) is 21.1. The molecule has 0 aliphatic carbocycles. The molecule has 1 aromatic heterocycles. The number of aryl methyl sites for hydroxylation is 1. The summed E-state index contributed by atoms with van der Waals surface area (Å²) in [7, 11) is 0. The highest BCUT2D eigenvalue weighted by Gasteiger charge is 2.28. The number of hydrogen-bond acceptors (Lipinski definition) is 6. The van der Waals surface area contributed by atoms with Crippen LogP contribution in [-0.2, 0) is 27.3 Å². The van der Waals surface area contributed by atoms with Gasteiger partial charge < -0.3 is 20.5 Å². The molecule has 3 aromatic carbocycles. The molecular weight excluding hydrogens is 556 g/mol. The second-order valence-electron chi connectivity index (χ2n) is 11.4. The van der Waals surface area contributed by atoms with E-state index >= 15 is 0 Å². The van der Waals surface area contributed by atoms with E-state index in [4.69, 9.17) is 4.74 Å². The van der Waals surface area contributed by atoms with Crippen molar-refractivity contribution in [2.24, 2.45) is 0 Å². The van der Waals surface area contributed by atoms with Crippen LogP contribution in [0.5, 0.6) is 5.75 Å². The lowest BCUT2D eigenvalue weighted by atomic mass is 9.90. The molecule has 3 amide bonds. The summed E-state index contributed by atoms with van der Waals surface area (Å²) < 4.78 is 5.39. The summed E-state index contributed by atoms with van der Waals surface area (Å²) >= 11 is 0. The zero-order valence-electron chi connectivity index (χ0n) is 25.1. The largest absolute Gasteiger partial charge is 0.508 e. The first kappa shape index (κ1) is 31.7. The van der Waals surface area contributed by atoms with E-state index in [0.29, 0.717) is 12.1 Å². The minimum atomic E-state index is -0.892. The maximum atomic E-state index is 13.9. The Balaban J connectivity index is 1.56. The number of aromatic hydroxyl groups is 1. The SMILES string of the molecule is CC(C)(C)OC(=O)Nc1cnccc1CCC(NC(=O)C(c1ccccc1)c1ccccc1)C(=O)NCc1ccc(O)cc1. The predicted molar refractivity (Wildman–Crippen MR) is 169 cm³/mol. The molecule has 4 rings (SSSR count). The molecular formula is C35H38N4O5. The second-order valence-corrected chi connectivity index (χ2v) is 11.4. The number of ether oxygens (including phenoxy) is 1. The van der Waals surface area contributed by atoms with Gasteiger partial charge >= 0.3 is 6.09 Å². The summed E-state index contributed by atoms with van der Waals surface area (Å²) in [5.74, 6) is -1.17. The summed E-state index contributed by atoms with van der Waals surface area (Å²) in [6, 6.07) is 26.3. The van der Waals surface area contributed by atoms with Gasteiger partial charge in [-0.2, -0.15) is 0 Å². The summed E-state index contributed by atoms with van der Waals surface area (Å²) in [6.07, 6.45) is 3.12. The van der Waals surface area contributed by atoms with Crippen LogP contribution in [-0.4, -0.2) is 39.6 Å². The third kappa shape index (κ3) is 9.42. The van der Waals surface area contributed by atoms with Gasteiger partial charge in [-0.05, 0) is 74.1 Å². The number of carbonyl (C=O) groups excluding carboxylic acids is 3. The molecule has 228 valence electrons. The normalized spacial score (nSPS) is 11.8. The van der Waals surface area contributed by atoms with Crippen molar-refractivity contribution in [2.45, 2.75) is 57.7 Å². The molecule has 1 atom stereocenters. The molecule has 4 N–H and O–H groups in total. The van der Waals surface area contributed by atoms with Gasteiger partial charge in [-0.3, -0.25) is 19.9 Å². The van der Waals surface area contributed by atoms with Crippen LogP contribution in [0.2, 0.25) is 0 Å². The number of anilines is 1. The molecule has 4 aromatic rings. The van der Waals surface area contributed by atoms with Crippen molar-refractivity contribution in [3.05, 3.63) is 126 Å². The first-order valence-corrected chi connectivity index (χ1v) is 14.5. The molecule has 9 heteroatoms. The Morgan fingerprint density at radius 2 is 1.45 bits per heavy atom. The second kappa shape index (κ2) is 14.8. The number of pyridine rings is 1. The van der Waals surface area contributed by atoms with Crippen LogP contribution >= 0.6 is 0 Å². The van der Waals surface area contributed by atoms with Crippen molar-refractivity contribution in [2.75, 3.05) is 5.32 Å². The number of nitrogens with zero attached hydrogens (tertiary/aromatic N) is 1. The number of phenolic OH excluding ortho intramolecular Hbond substituents is 1. The van der Waals surface area contributed by atoms with Crippen molar-refractivity contribution in [1.29, 1.82) is 0 Å². The van der Waals surface area contributed by atoms with Crippen LogP contribution in [0.25, 0.3) is 0 Å². The average molecular weight is 595 g/mol. The first-order valence-electron chi connectivity index (χ1n) is 14.5. The Labute approximate surface area is 257 Å². The number of benzene rings is 3. The molecule has 0 spiro atoms. The molecule has 0 aliphatic rings. The smallest absolute Gasteiger partial charge is 0.412 e. The monoisotopic (exact) mass is 594 g/mol. The number of amides is 3. The topological polar surface area (TPSA) is 130 Å². The highest BCUT2D eigenvalue weighted by Crippen LogP contribution is 2.25.